The molecule has 2 nitrogen and oxygen atoms in total. The maximum Gasteiger partial charge on any atom is 0.0237 e. The van der Waals surface area contributed by atoms with Gasteiger partial charge in [-0.1, -0.05) is 37.3 Å². The molecule has 1 aliphatic rings. The number of hydrogen-bond acceptors (Lipinski definition) is 2. The van der Waals surface area contributed by atoms with E-state index in [-0.39, 0.29) is 0 Å². The Labute approximate surface area is 98.4 Å². The number of nitrogens with zero attached hydrogens (tertiary/aromatic N) is 1. The summed E-state index contributed by atoms with van der Waals surface area (Å²) in [6.07, 6.45) is 1.16. The molecule has 2 rings (SSSR count). The molecule has 1 fully saturated rings. The molecule has 1 aromatic rings. The zero-order valence-corrected chi connectivity index (χ0v) is 10.3. The number of piperidine rings is 1. The van der Waals surface area contributed by atoms with E-state index in [1.807, 2.05) is 0 Å². The van der Waals surface area contributed by atoms with Crippen molar-refractivity contribution in [2.75, 3.05) is 6.54 Å². The SMILES string of the molecule is CC1CC(N)C(C)N(Cc2ccccc2)C1. The standard InChI is InChI=1S/C14H22N2/c1-11-8-14(15)12(2)16(9-11)10-13-6-4-3-5-7-13/h3-7,11-12,14H,8-10,15H2,1-2H3. The molecular formula is C14H22N2. The molecule has 0 aromatic heterocycles. The Morgan fingerprint density at radius 2 is 1.94 bits per heavy atom. The summed E-state index contributed by atoms with van der Waals surface area (Å²) in [7, 11) is 0. The molecule has 16 heavy (non-hydrogen) atoms. The maximum absolute atomic E-state index is 6.17. The summed E-state index contributed by atoms with van der Waals surface area (Å²) in [5, 5.41) is 0. The van der Waals surface area contributed by atoms with Crippen LogP contribution in [0.5, 0.6) is 0 Å². The normalized spacial score (nSPS) is 31.6. The van der Waals surface area contributed by atoms with Crippen molar-refractivity contribution in [3.63, 3.8) is 0 Å². The smallest absolute Gasteiger partial charge is 0.0237 e. The first-order valence-electron chi connectivity index (χ1n) is 6.20. The van der Waals surface area contributed by atoms with E-state index in [0.29, 0.717) is 12.1 Å². The second-order valence-electron chi connectivity index (χ2n) is 5.16. The molecule has 0 aliphatic carbocycles. The van der Waals surface area contributed by atoms with Crippen LogP contribution >= 0.6 is 0 Å². The summed E-state index contributed by atoms with van der Waals surface area (Å²) < 4.78 is 0. The highest BCUT2D eigenvalue weighted by Gasteiger charge is 2.28. The summed E-state index contributed by atoms with van der Waals surface area (Å²) >= 11 is 0. The predicted octanol–water partition coefficient (Wildman–Crippen LogP) is 2.24. The minimum absolute atomic E-state index is 0.326. The molecule has 1 heterocycles. The molecule has 1 aromatic carbocycles. The van der Waals surface area contributed by atoms with Gasteiger partial charge < -0.3 is 5.73 Å². The van der Waals surface area contributed by atoms with Crippen LogP contribution in [0.15, 0.2) is 30.3 Å². The van der Waals surface area contributed by atoms with Crippen LogP contribution in [-0.4, -0.2) is 23.5 Å². The third-order valence-electron chi connectivity index (χ3n) is 3.64. The van der Waals surface area contributed by atoms with Crippen LogP contribution in [0.25, 0.3) is 0 Å². The first kappa shape index (κ1) is 11.6. The Hall–Kier alpha value is -0.860. The molecule has 1 saturated heterocycles. The Morgan fingerprint density at radius 3 is 2.62 bits per heavy atom. The molecular weight excluding hydrogens is 196 g/mol. The highest BCUT2D eigenvalue weighted by atomic mass is 15.2. The van der Waals surface area contributed by atoms with Gasteiger partial charge in [-0.2, -0.15) is 0 Å². The summed E-state index contributed by atoms with van der Waals surface area (Å²) in [6, 6.07) is 11.5. The van der Waals surface area contributed by atoms with E-state index in [9.17, 15) is 0 Å². The predicted molar refractivity (Wildman–Crippen MR) is 68.1 cm³/mol. The third kappa shape index (κ3) is 2.63. The topological polar surface area (TPSA) is 29.3 Å². The first-order chi connectivity index (χ1) is 7.66. The van der Waals surface area contributed by atoms with Crippen molar-refractivity contribution >= 4 is 0 Å². The van der Waals surface area contributed by atoms with Crippen molar-refractivity contribution in [1.29, 1.82) is 0 Å². The number of likely N-dealkylation sites (tertiary alicyclic amines) is 1. The van der Waals surface area contributed by atoms with E-state index in [1.165, 1.54) is 12.1 Å². The van der Waals surface area contributed by atoms with Crippen molar-refractivity contribution < 1.29 is 0 Å². The fourth-order valence-corrected chi connectivity index (χ4v) is 2.60. The van der Waals surface area contributed by atoms with Gasteiger partial charge in [-0.15, -0.1) is 0 Å². The largest absolute Gasteiger partial charge is 0.326 e. The van der Waals surface area contributed by atoms with E-state index < -0.39 is 0 Å². The Kier molecular flexibility index (Phi) is 3.62. The minimum atomic E-state index is 0.326. The van der Waals surface area contributed by atoms with Gasteiger partial charge in [0.15, 0.2) is 0 Å². The number of rotatable bonds is 2. The third-order valence-corrected chi connectivity index (χ3v) is 3.64. The number of hydrogen-bond donors (Lipinski definition) is 1. The fourth-order valence-electron chi connectivity index (χ4n) is 2.60. The van der Waals surface area contributed by atoms with Crippen molar-refractivity contribution in [2.45, 2.75) is 38.9 Å². The summed E-state index contributed by atoms with van der Waals surface area (Å²) in [4.78, 5) is 2.51. The van der Waals surface area contributed by atoms with Crippen molar-refractivity contribution in [1.82, 2.24) is 4.90 Å². The Morgan fingerprint density at radius 1 is 1.25 bits per heavy atom. The molecule has 2 heteroatoms. The molecule has 2 N–H and O–H groups in total. The molecule has 0 saturated carbocycles. The average molecular weight is 218 g/mol. The molecule has 88 valence electrons. The Bertz CT molecular complexity index is 323. The minimum Gasteiger partial charge on any atom is -0.326 e. The highest BCUT2D eigenvalue weighted by molar-refractivity contribution is 5.14. The van der Waals surface area contributed by atoms with Gasteiger partial charge in [0.05, 0.1) is 0 Å². The van der Waals surface area contributed by atoms with Gasteiger partial charge in [-0.25, -0.2) is 0 Å². The number of nitrogens with two attached hydrogens (primary N) is 1. The van der Waals surface area contributed by atoms with Gasteiger partial charge in [0.1, 0.15) is 0 Å². The van der Waals surface area contributed by atoms with Gasteiger partial charge in [-0.05, 0) is 24.8 Å². The van der Waals surface area contributed by atoms with E-state index in [1.54, 1.807) is 0 Å². The lowest BCUT2D eigenvalue weighted by atomic mass is 9.90. The Balaban J connectivity index is 2.03. The monoisotopic (exact) mass is 218 g/mol. The summed E-state index contributed by atoms with van der Waals surface area (Å²) in [5.41, 5.74) is 7.56. The van der Waals surface area contributed by atoms with E-state index in [0.717, 1.165) is 18.9 Å². The zero-order valence-electron chi connectivity index (χ0n) is 10.3. The van der Waals surface area contributed by atoms with Gasteiger partial charge in [0.25, 0.3) is 0 Å². The summed E-state index contributed by atoms with van der Waals surface area (Å²) in [5.74, 6) is 0.718. The molecule has 0 amide bonds. The van der Waals surface area contributed by atoms with Crippen LogP contribution in [-0.2, 0) is 6.54 Å². The lowest BCUT2D eigenvalue weighted by Gasteiger charge is -2.40. The lowest BCUT2D eigenvalue weighted by Crippen LogP contribution is -2.52. The van der Waals surface area contributed by atoms with Gasteiger partial charge in [0, 0.05) is 25.2 Å². The van der Waals surface area contributed by atoms with Crippen LogP contribution < -0.4 is 5.73 Å². The fraction of sp³-hybridized carbons (Fsp3) is 0.571. The highest BCUT2D eigenvalue weighted by Crippen LogP contribution is 2.22. The van der Waals surface area contributed by atoms with Gasteiger partial charge in [-0.3, -0.25) is 4.90 Å². The van der Waals surface area contributed by atoms with Gasteiger partial charge >= 0.3 is 0 Å². The van der Waals surface area contributed by atoms with Gasteiger partial charge in [0.2, 0.25) is 0 Å². The molecule has 1 aliphatic heterocycles. The van der Waals surface area contributed by atoms with E-state index in [4.69, 9.17) is 5.73 Å². The second-order valence-corrected chi connectivity index (χ2v) is 5.16. The van der Waals surface area contributed by atoms with Crippen molar-refractivity contribution in [2.24, 2.45) is 11.7 Å². The van der Waals surface area contributed by atoms with E-state index >= 15 is 0 Å². The average Bonchev–Trinajstić information content (AvgIpc) is 2.27. The van der Waals surface area contributed by atoms with Crippen LogP contribution in [0, 0.1) is 5.92 Å². The maximum atomic E-state index is 6.17. The molecule has 0 radical (unpaired) electrons. The zero-order chi connectivity index (χ0) is 11.5. The lowest BCUT2D eigenvalue weighted by molar-refractivity contribution is 0.0986. The van der Waals surface area contributed by atoms with Crippen LogP contribution in [0.3, 0.4) is 0 Å². The quantitative estimate of drug-likeness (QED) is 0.825. The first-order valence-corrected chi connectivity index (χ1v) is 6.20. The molecule has 3 atom stereocenters. The molecule has 0 bridgehead atoms. The number of benzene rings is 1. The van der Waals surface area contributed by atoms with Crippen molar-refractivity contribution in [3.8, 4) is 0 Å². The van der Waals surface area contributed by atoms with Crippen LogP contribution in [0.4, 0.5) is 0 Å². The van der Waals surface area contributed by atoms with Crippen LogP contribution in [0.2, 0.25) is 0 Å². The summed E-state index contributed by atoms with van der Waals surface area (Å²) in [6.45, 7) is 6.74. The molecule has 3 unspecified atom stereocenters. The van der Waals surface area contributed by atoms with Crippen molar-refractivity contribution in [3.05, 3.63) is 35.9 Å². The van der Waals surface area contributed by atoms with Crippen LogP contribution in [0.1, 0.15) is 25.8 Å². The van der Waals surface area contributed by atoms with E-state index in [2.05, 4.69) is 49.1 Å². The second kappa shape index (κ2) is 4.98. The molecule has 0 spiro atoms.